The van der Waals surface area contributed by atoms with Crippen LogP contribution in [0, 0.1) is 11.7 Å². The van der Waals surface area contributed by atoms with Gasteiger partial charge in [0.25, 0.3) is 5.91 Å². The van der Waals surface area contributed by atoms with Crippen LogP contribution >= 0.6 is 0 Å². The second-order valence-corrected chi connectivity index (χ2v) is 5.06. The summed E-state index contributed by atoms with van der Waals surface area (Å²) in [4.78, 5) is 11.4. The van der Waals surface area contributed by atoms with Crippen molar-refractivity contribution in [1.29, 1.82) is 0 Å². The predicted molar refractivity (Wildman–Crippen MR) is 73.3 cm³/mol. The van der Waals surface area contributed by atoms with Crippen molar-refractivity contribution in [2.75, 3.05) is 11.9 Å². The second kappa shape index (κ2) is 6.02. The molecule has 2 atom stereocenters. The summed E-state index contributed by atoms with van der Waals surface area (Å²) in [6.45, 7) is 0.596. The molecule has 2 rings (SSSR count). The lowest BCUT2D eigenvalue weighted by Crippen LogP contribution is -2.37. The molecular formula is C14H20FN3O. The van der Waals surface area contributed by atoms with Gasteiger partial charge in [-0.3, -0.25) is 4.79 Å². The van der Waals surface area contributed by atoms with Gasteiger partial charge in [-0.25, -0.2) is 4.39 Å². The lowest BCUT2D eigenvalue weighted by Gasteiger charge is -2.32. The van der Waals surface area contributed by atoms with E-state index in [1.165, 1.54) is 12.5 Å². The van der Waals surface area contributed by atoms with Gasteiger partial charge in [0.1, 0.15) is 5.82 Å². The average Bonchev–Trinajstić information content (AvgIpc) is 2.39. The molecule has 5 N–H and O–H groups in total. The number of amides is 1. The number of anilines is 1. The van der Waals surface area contributed by atoms with Gasteiger partial charge in [-0.1, -0.05) is 18.9 Å². The molecule has 0 aromatic heterocycles. The Morgan fingerprint density at radius 2 is 2.11 bits per heavy atom. The van der Waals surface area contributed by atoms with Crippen LogP contribution in [-0.2, 0) is 0 Å². The van der Waals surface area contributed by atoms with Crippen LogP contribution in [0.4, 0.5) is 10.1 Å². The topological polar surface area (TPSA) is 81.1 Å². The number of hydrogen-bond acceptors (Lipinski definition) is 3. The molecular weight excluding hydrogens is 245 g/mol. The molecule has 0 spiro atoms. The van der Waals surface area contributed by atoms with Crippen LogP contribution in [-0.4, -0.2) is 18.5 Å². The Kier molecular flexibility index (Phi) is 4.37. The van der Waals surface area contributed by atoms with E-state index in [4.69, 9.17) is 11.5 Å². The Hall–Kier alpha value is -1.62. The summed E-state index contributed by atoms with van der Waals surface area (Å²) < 4.78 is 13.7. The first-order valence-electron chi connectivity index (χ1n) is 6.68. The summed E-state index contributed by atoms with van der Waals surface area (Å²) in [5, 5.41) is 3.25. The summed E-state index contributed by atoms with van der Waals surface area (Å²) in [6, 6.07) is 4.68. The lowest BCUT2D eigenvalue weighted by molar-refractivity contribution is 0.0997. The number of carbonyl (C=O) groups excluding carboxylic acids is 1. The molecule has 1 aromatic carbocycles. The Labute approximate surface area is 112 Å². The fourth-order valence-electron chi connectivity index (χ4n) is 2.77. The highest BCUT2D eigenvalue weighted by molar-refractivity contribution is 5.98. The molecule has 0 heterocycles. The zero-order valence-corrected chi connectivity index (χ0v) is 10.9. The van der Waals surface area contributed by atoms with Crippen LogP contribution in [0.1, 0.15) is 36.0 Å². The van der Waals surface area contributed by atoms with Crippen LogP contribution in [0.2, 0.25) is 0 Å². The van der Waals surface area contributed by atoms with E-state index in [0.29, 0.717) is 18.2 Å². The Bertz CT molecular complexity index is 464. The van der Waals surface area contributed by atoms with Gasteiger partial charge >= 0.3 is 0 Å². The van der Waals surface area contributed by atoms with E-state index < -0.39 is 11.7 Å². The summed E-state index contributed by atoms with van der Waals surface area (Å²) in [6.07, 6.45) is 4.34. The quantitative estimate of drug-likeness (QED) is 0.777. The monoisotopic (exact) mass is 265 g/mol. The maximum absolute atomic E-state index is 13.7. The third-order valence-electron chi connectivity index (χ3n) is 3.81. The number of nitrogens with two attached hydrogens (primary N) is 2. The molecule has 0 bridgehead atoms. The minimum Gasteiger partial charge on any atom is -0.381 e. The van der Waals surface area contributed by atoms with Gasteiger partial charge < -0.3 is 16.8 Å². The highest BCUT2D eigenvalue weighted by Gasteiger charge is 2.25. The van der Waals surface area contributed by atoms with Crippen LogP contribution in [0.5, 0.6) is 0 Å². The van der Waals surface area contributed by atoms with Crippen molar-refractivity contribution in [3.63, 3.8) is 0 Å². The molecule has 4 nitrogen and oxygen atoms in total. The van der Waals surface area contributed by atoms with Gasteiger partial charge in [-0.2, -0.15) is 0 Å². The van der Waals surface area contributed by atoms with Crippen LogP contribution in [0.15, 0.2) is 18.2 Å². The molecule has 1 fully saturated rings. The largest absolute Gasteiger partial charge is 0.381 e. The highest BCUT2D eigenvalue weighted by atomic mass is 19.1. The first-order chi connectivity index (χ1) is 9.13. The van der Waals surface area contributed by atoms with Crippen molar-refractivity contribution in [3.8, 4) is 0 Å². The molecule has 19 heavy (non-hydrogen) atoms. The predicted octanol–water partition coefficient (Wildman–Crippen LogP) is 1.85. The standard InChI is InChI=1S/C14H20FN3O/c15-10-5-3-7-12(13(10)14(17)19)18-11-6-2-1-4-9(11)8-16/h3,5,7,9,11,18H,1-2,4,6,8,16H2,(H2,17,19). The zero-order chi connectivity index (χ0) is 13.8. The van der Waals surface area contributed by atoms with E-state index in [0.717, 1.165) is 19.3 Å². The van der Waals surface area contributed by atoms with Gasteiger partial charge in [0.2, 0.25) is 0 Å². The molecule has 104 valence electrons. The number of benzene rings is 1. The third kappa shape index (κ3) is 3.04. The molecule has 0 aliphatic heterocycles. The van der Waals surface area contributed by atoms with Crippen LogP contribution in [0.3, 0.4) is 0 Å². The molecule has 1 aliphatic rings. The van der Waals surface area contributed by atoms with Crippen molar-refractivity contribution in [3.05, 3.63) is 29.6 Å². The van der Waals surface area contributed by atoms with Crippen molar-refractivity contribution < 1.29 is 9.18 Å². The molecule has 1 aromatic rings. The number of hydrogen-bond donors (Lipinski definition) is 3. The number of primary amides is 1. The number of halogens is 1. The molecule has 5 heteroatoms. The maximum Gasteiger partial charge on any atom is 0.253 e. The van der Waals surface area contributed by atoms with E-state index in [-0.39, 0.29) is 11.6 Å². The minimum atomic E-state index is -0.749. The van der Waals surface area contributed by atoms with Gasteiger partial charge in [-0.15, -0.1) is 0 Å². The summed E-state index contributed by atoms with van der Waals surface area (Å²) in [5.74, 6) is -0.976. The smallest absolute Gasteiger partial charge is 0.253 e. The normalized spacial score (nSPS) is 23.1. The zero-order valence-electron chi connectivity index (χ0n) is 10.9. The van der Waals surface area contributed by atoms with E-state index in [2.05, 4.69) is 5.32 Å². The van der Waals surface area contributed by atoms with Gasteiger partial charge in [0.15, 0.2) is 0 Å². The molecule has 0 radical (unpaired) electrons. The first-order valence-corrected chi connectivity index (χ1v) is 6.68. The number of nitrogens with one attached hydrogen (secondary N) is 1. The van der Waals surface area contributed by atoms with E-state index >= 15 is 0 Å². The van der Waals surface area contributed by atoms with Crippen molar-refractivity contribution >= 4 is 11.6 Å². The Morgan fingerprint density at radius 3 is 2.79 bits per heavy atom. The molecule has 1 aliphatic carbocycles. The van der Waals surface area contributed by atoms with Gasteiger partial charge in [0, 0.05) is 6.04 Å². The molecule has 2 unspecified atom stereocenters. The minimum absolute atomic E-state index is 0.0659. The third-order valence-corrected chi connectivity index (χ3v) is 3.81. The van der Waals surface area contributed by atoms with Gasteiger partial charge in [-0.05, 0) is 37.4 Å². The average molecular weight is 265 g/mol. The fraction of sp³-hybridized carbons (Fsp3) is 0.500. The second-order valence-electron chi connectivity index (χ2n) is 5.06. The van der Waals surface area contributed by atoms with Crippen LogP contribution < -0.4 is 16.8 Å². The van der Waals surface area contributed by atoms with Crippen molar-refractivity contribution in [2.24, 2.45) is 17.4 Å². The van der Waals surface area contributed by atoms with Gasteiger partial charge in [0.05, 0.1) is 11.3 Å². The summed E-state index contributed by atoms with van der Waals surface area (Å²) in [7, 11) is 0. The van der Waals surface area contributed by atoms with E-state index in [9.17, 15) is 9.18 Å². The number of rotatable bonds is 4. The van der Waals surface area contributed by atoms with Crippen molar-refractivity contribution in [2.45, 2.75) is 31.7 Å². The van der Waals surface area contributed by atoms with E-state index in [1.807, 2.05) is 0 Å². The maximum atomic E-state index is 13.7. The van der Waals surface area contributed by atoms with Crippen LogP contribution in [0.25, 0.3) is 0 Å². The molecule has 0 saturated heterocycles. The Morgan fingerprint density at radius 1 is 1.37 bits per heavy atom. The fourth-order valence-corrected chi connectivity index (χ4v) is 2.77. The SMILES string of the molecule is NCC1CCCCC1Nc1cccc(F)c1C(N)=O. The summed E-state index contributed by atoms with van der Waals surface area (Å²) >= 11 is 0. The Balaban J connectivity index is 2.22. The van der Waals surface area contributed by atoms with E-state index in [1.54, 1.807) is 12.1 Å². The first kappa shape index (κ1) is 13.8. The van der Waals surface area contributed by atoms with Crippen molar-refractivity contribution in [1.82, 2.24) is 0 Å². The lowest BCUT2D eigenvalue weighted by atomic mass is 9.84. The molecule has 1 amide bonds. The summed E-state index contributed by atoms with van der Waals surface area (Å²) in [5.41, 5.74) is 11.4. The highest BCUT2D eigenvalue weighted by Crippen LogP contribution is 2.28. The molecule has 1 saturated carbocycles. The number of carbonyl (C=O) groups is 1.